The van der Waals surface area contributed by atoms with Crippen molar-refractivity contribution in [1.82, 2.24) is 15.2 Å². The molecule has 0 amide bonds. The number of rotatable bonds is 11. The second kappa shape index (κ2) is 11.7. The maximum Gasteiger partial charge on any atom is 0.303 e. The molecule has 5 aromatic rings. The molecule has 0 spiro atoms. The highest BCUT2D eigenvalue weighted by atomic mass is 32.1. The van der Waals surface area contributed by atoms with Crippen LogP contribution in [0.5, 0.6) is 11.5 Å². The van der Waals surface area contributed by atoms with Crippen molar-refractivity contribution in [1.29, 1.82) is 0 Å². The van der Waals surface area contributed by atoms with Crippen molar-refractivity contribution >= 4 is 17.3 Å². The molecule has 3 aromatic heterocycles. The Labute approximate surface area is 224 Å². The molecule has 2 aromatic carbocycles. The van der Waals surface area contributed by atoms with Crippen LogP contribution in [0.3, 0.4) is 0 Å². The van der Waals surface area contributed by atoms with Gasteiger partial charge in [0.15, 0.2) is 0 Å². The highest BCUT2D eigenvalue weighted by molar-refractivity contribution is 7.07. The highest BCUT2D eigenvalue weighted by Gasteiger charge is 2.21. The molecule has 2 N–H and O–H groups in total. The number of thiophene rings is 1. The fraction of sp³-hybridized carbons (Fsp3) is 0.167. The summed E-state index contributed by atoms with van der Waals surface area (Å²) in [5.41, 5.74) is 6.08. The summed E-state index contributed by atoms with van der Waals surface area (Å²) in [4.78, 5) is 15.9. The van der Waals surface area contributed by atoms with Crippen molar-refractivity contribution in [3.63, 3.8) is 0 Å². The Balaban J connectivity index is 1.51. The topological polar surface area (TPSA) is 97.3 Å². The van der Waals surface area contributed by atoms with E-state index in [1.54, 1.807) is 17.5 Å². The van der Waals surface area contributed by atoms with Gasteiger partial charge >= 0.3 is 5.97 Å². The van der Waals surface area contributed by atoms with Gasteiger partial charge in [-0.15, -0.1) is 0 Å². The predicted octanol–water partition coefficient (Wildman–Crippen LogP) is 7.07. The summed E-state index contributed by atoms with van der Waals surface area (Å²) in [5, 5.41) is 21.1. The third-order valence-corrected chi connectivity index (χ3v) is 6.89. The van der Waals surface area contributed by atoms with Crippen LogP contribution in [0.15, 0.2) is 89.8 Å². The van der Waals surface area contributed by atoms with Crippen molar-refractivity contribution in [3.8, 4) is 34.1 Å². The van der Waals surface area contributed by atoms with Crippen LogP contribution >= 0.6 is 11.3 Å². The fourth-order valence-corrected chi connectivity index (χ4v) is 4.84. The number of aliphatic carboxylic acids is 1. The average Bonchev–Trinajstić information content (AvgIpc) is 3.64. The van der Waals surface area contributed by atoms with E-state index in [1.165, 1.54) is 0 Å². The van der Waals surface area contributed by atoms with Gasteiger partial charge in [0.05, 0.1) is 17.1 Å². The summed E-state index contributed by atoms with van der Waals surface area (Å²) in [6, 6.07) is 23.2. The number of aromatic amines is 1. The molecule has 0 aliphatic rings. The molecular formula is C30H27N3O4S. The maximum atomic E-state index is 11.5. The van der Waals surface area contributed by atoms with E-state index in [1.807, 2.05) is 85.1 Å². The number of benzene rings is 2. The number of aromatic nitrogens is 3. The van der Waals surface area contributed by atoms with E-state index in [2.05, 4.69) is 20.6 Å². The molecule has 0 bridgehead atoms. The Morgan fingerprint density at radius 2 is 1.92 bits per heavy atom. The maximum absolute atomic E-state index is 11.5. The van der Waals surface area contributed by atoms with E-state index >= 15 is 0 Å². The number of aryl methyl sites for hydroxylation is 1. The number of nitrogens with zero attached hydrogens (tertiary/aromatic N) is 2. The van der Waals surface area contributed by atoms with Crippen molar-refractivity contribution in [2.75, 3.05) is 0 Å². The molecule has 0 radical (unpaired) electrons. The number of ether oxygens (including phenoxy) is 2. The Bertz CT molecular complexity index is 1500. The first-order valence-corrected chi connectivity index (χ1v) is 13.2. The molecule has 0 aliphatic carbocycles. The summed E-state index contributed by atoms with van der Waals surface area (Å²) in [5.74, 6) is 0.343. The van der Waals surface area contributed by atoms with Crippen LogP contribution in [0.4, 0.5) is 0 Å². The summed E-state index contributed by atoms with van der Waals surface area (Å²) in [6.07, 6.45) is 1.57. The number of carboxylic acids is 1. The van der Waals surface area contributed by atoms with Crippen molar-refractivity contribution in [2.24, 2.45) is 0 Å². The van der Waals surface area contributed by atoms with Gasteiger partial charge in [0.25, 0.3) is 0 Å². The third kappa shape index (κ3) is 6.10. The van der Waals surface area contributed by atoms with Gasteiger partial charge < -0.3 is 14.6 Å². The van der Waals surface area contributed by atoms with Gasteiger partial charge in [0.2, 0.25) is 0 Å². The summed E-state index contributed by atoms with van der Waals surface area (Å²) >= 11 is 1.62. The lowest BCUT2D eigenvalue weighted by Crippen LogP contribution is -2.12. The Hall–Kier alpha value is -4.43. The van der Waals surface area contributed by atoms with Gasteiger partial charge in [-0.05, 0) is 77.2 Å². The summed E-state index contributed by atoms with van der Waals surface area (Å²) in [6.45, 7) is 2.44. The third-order valence-electron chi connectivity index (χ3n) is 6.16. The zero-order valence-corrected chi connectivity index (χ0v) is 21.7. The number of nitrogens with one attached hydrogen (secondary N) is 1. The number of carbonyl (C=O) groups is 1. The first kappa shape index (κ1) is 25.2. The molecule has 1 unspecified atom stereocenters. The average molecular weight is 526 g/mol. The lowest BCUT2D eigenvalue weighted by atomic mass is 9.99. The fourth-order valence-electron chi connectivity index (χ4n) is 4.19. The van der Waals surface area contributed by atoms with Gasteiger partial charge in [-0.3, -0.25) is 14.9 Å². The van der Waals surface area contributed by atoms with Crippen LogP contribution in [-0.2, 0) is 11.4 Å². The van der Waals surface area contributed by atoms with Gasteiger partial charge in [0, 0.05) is 24.2 Å². The Kier molecular flexibility index (Phi) is 7.80. The van der Waals surface area contributed by atoms with Crippen molar-refractivity contribution in [2.45, 2.75) is 32.5 Å². The number of hydrogen-bond donors (Lipinski definition) is 2. The molecule has 3 heterocycles. The molecule has 0 aliphatic heterocycles. The summed E-state index contributed by atoms with van der Waals surface area (Å²) < 4.78 is 12.7. The minimum Gasteiger partial charge on any atom is -0.489 e. The smallest absolute Gasteiger partial charge is 0.303 e. The van der Waals surface area contributed by atoms with E-state index in [0.717, 1.165) is 33.6 Å². The zero-order chi connectivity index (χ0) is 26.3. The monoisotopic (exact) mass is 525 g/mol. The molecule has 5 rings (SSSR count). The molecular weight excluding hydrogens is 498 g/mol. The zero-order valence-electron chi connectivity index (χ0n) is 20.8. The second-order valence-corrected chi connectivity index (χ2v) is 9.64. The van der Waals surface area contributed by atoms with Gasteiger partial charge in [-0.25, -0.2) is 0 Å². The van der Waals surface area contributed by atoms with Crippen LogP contribution in [-0.4, -0.2) is 26.3 Å². The molecule has 1 atom stereocenters. The number of H-pyrrole nitrogens is 1. The molecule has 0 saturated carbocycles. The lowest BCUT2D eigenvalue weighted by Gasteiger charge is -2.23. The van der Waals surface area contributed by atoms with Crippen LogP contribution in [0.1, 0.15) is 35.6 Å². The highest BCUT2D eigenvalue weighted by Crippen LogP contribution is 2.38. The lowest BCUT2D eigenvalue weighted by molar-refractivity contribution is -0.137. The van der Waals surface area contributed by atoms with Crippen LogP contribution in [0.25, 0.3) is 22.6 Å². The SMILES string of the molecule is Cc1ccccc1C(CCC(=O)O)Oc1cc(OCc2ccsc2)ccc1-c1cc(-c2ccccn2)[nH]n1. The van der Waals surface area contributed by atoms with Crippen molar-refractivity contribution < 1.29 is 19.4 Å². The normalized spacial score (nSPS) is 11.7. The van der Waals surface area contributed by atoms with Crippen LogP contribution < -0.4 is 9.47 Å². The van der Waals surface area contributed by atoms with Gasteiger partial charge in [-0.1, -0.05) is 30.3 Å². The standard InChI is InChI=1S/C30H27N3O4S/c1-20-6-2-3-7-23(20)28(11-12-30(34)35)37-29-16-22(36-18-21-13-15-38-19-21)9-10-24(29)26-17-27(33-32-26)25-8-4-5-14-31-25/h2-10,13-17,19,28H,11-12,18H2,1H3,(H,32,33)(H,34,35). The number of hydrogen-bond acceptors (Lipinski definition) is 6. The Morgan fingerprint density at radius 1 is 1.05 bits per heavy atom. The number of carboxylic acid groups (broad SMARTS) is 1. The first-order chi connectivity index (χ1) is 18.6. The molecule has 192 valence electrons. The Morgan fingerprint density at radius 3 is 2.68 bits per heavy atom. The largest absolute Gasteiger partial charge is 0.489 e. The van der Waals surface area contributed by atoms with E-state index in [0.29, 0.717) is 30.2 Å². The number of pyridine rings is 1. The van der Waals surface area contributed by atoms with E-state index in [-0.39, 0.29) is 6.42 Å². The predicted molar refractivity (Wildman–Crippen MR) is 147 cm³/mol. The van der Waals surface area contributed by atoms with Crippen LogP contribution in [0, 0.1) is 6.92 Å². The molecule has 8 heteroatoms. The minimum atomic E-state index is -0.868. The van der Waals surface area contributed by atoms with E-state index in [4.69, 9.17) is 9.47 Å². The molecule has 7 nitrogen and oxygen atoms in total. The van der Waals surface area contributed by atoms with E-state index < -0.39 is 12.1 Å². The van der Waals surface area contributed by atoms with Crippen molar-refractivity contribution in [3.05, 3.63) is 106 Å². The minimum absolute atomic E-state index is 0.0189. The molecule has 0 fully saturated rings. The summed E-state index contributed by atoms with van der Waals surface area (Å²) in [7, 11) is 0. The second-order valence-electron chi connectivity index (χ2n) is 8.86. The quantitative estimate of drug-likeness (QED) is 0.191. The first-order valence-electron chi connectivity index (χ1n) is 12.3. The van der Waals surface area contributed by atoms with Crippen LogP contribution in [0.2, 0.25) is 0 Å². The molecule has 0 saturated heterocycles. The van der Waals surface area contributed by atoms with E-state index in [9.17, 15) is 9.90 Å². The molecule has 38 heavy (non-hydrogen) atoms. The van der Waals surface area contributed by atoms with Gasteiger partial charge in [-0.2, -0.15) is 16.4 Å². The van der Waals surface area contributed by atoms with Gasteiger partial charge in [0.1, 0.15) is 24.2 Å².